The molecule has 0 aromatic heterocycles. The number of rotatable bonds is 7. The molecule has 0 aliphatic carbocycles. The summed E-state index contributed by atoms with van der Waals surface area (Å²) in [5, 5.41) is 21.8. The van der Waals surface area contributed by atoms with Gasteiger partial charge in [-0.05, 0) is 49.4 Å². The molecule has 11 heteroatoms. The van der Waals surface area contributed by atoms with Crippen LogP contribution in [0.2, 0.25) is 5.02 Å². The number of amides is 2. The quantitative estimate of drug-likeness (QED) is 0.455. The SMILES string of the molecule is CCS(=O)(=O)c1ccc(C(=O)NNC(=O)[C@H](Nc2ccc(C#N)c(Cl)c2)[C@H](C)O)cc1. The molecule has 0 bridgehead atoms. The van der Waals surface area contributed by atoms with Gasteiger partial charge in [0.05, 0.1) is 27.3 Å². The van der Waals surface area contributed by atoms with E-state index in [1.54, 1.807) is 0 Å². The molecule has 2 aromatic rings. The number of hydrogen-bond donors (Lipinski definition) is 4. The smallest absolute Gasteiger partial charge is 0.269 e. The first-order valence-corrected chi connectivity index (χ1v) is 11.2. The second-order valence-corrected chi connectivity index (χ2v) is 9.23. The third kappa shape index (κ3) is 6.18. The van der Waals surface area contributed by atoms with Gasteiger partial charge in [0.2, 0.25) is 0 Å². The summed E-state index contributed by atoms with van der Waals surface area (Å²) >= 11 is 5.97. The fourth-order valence-electron chi connectivity index (χ4n) is 2.53. The van der Waals surface area contributed by atoms with Crippen LogP contribution in [0, 0.1) is 11.3 Å². The normalized spacial score (nSPS) is 12.9. The molecule has 2 rings (SSSR count). The predicted molar refractivity (Wildman–Crippen MR) is 115 cm³/mol. The van der Waals surface area contributed by atoms with Crippen LogP contribution in [-0.4, -0.2) is 43.2 Å². The van der Waals surface area contributed by atoms with Gasteiger partial charge >= 0.3 is 0 Å². The zero-order valence-corrected chi connectivity index (χ0v) is 18.3. The number of nitriles is 1. The lowest BCUT2D eigenvalue weighted by Gasteiger charge is -2.22. The average Bonchev–Trinajstić information content (AvgIpc) is 2.75. The first-order valence-electron chi connectivity index (χ1n) is 9.16. The molecule has 0 fully saturated rings. The Labute approximate surface area is 184 Å². The van der Waals surface area contributed by atoms with E-state index in [-0.39, 0.29) is 26.8 Å². The Kier molecular flexibility index (Phi) is 7.99. The molecule has 9 nitrogen and oxygen atoms in total. The molecule has 0 unspecified atom stereocenters. The summed E-state index contributed by atoms with van der Waals surface area (Å²) < 4.78 is 23.7. The molecule has 0 aliphatic heterocycles. The second-order valence-electron chi connectivity index (χ2n) is 6.54. The highest BCUT2D eigenvalue weighted by atomic mass is 35.5. The summed E-state index contributed by atoms with van der Waals surface area (Å²) in [6.45, 7) is 2.90. The van der Waals surface area contributed by atoms with Crippen molar-refractivity contribution in [1.29, 1.82) is 5.26 Å². The fourth-order valence-corrected chi connectivity index (χ4v) is 3.64. The molecule has 2 amide bonds. The summed E-state index contributed by atoms with van der Waals surface area (Å²) in [4.78, 5) is 24.8. The van der Waals surface area contributed by atoms with Crippen LogP contribution in [0.5, 0.6) is 0 Å². The van der Waals surface area contributed by atoms with Gasteiger partial charge in [-0.2, -0.15) is 5.26 Å². The van der Waals surface area contributed by atoms with Gasteiger partial charge in [-0.3, -0.25) is 20.4 Å². The Morgan fingerprint density at radius 3 is 2.32 bits per heavy atom. The van der Waals surface area contributed by atoms with E-state index in [1.165, 1.54) is 56.3 Å². The molecule has 2 aromatic carbocycles. The molecule has 0 radical (unpaired) electrons. The minimum Gasteiger partial charge on any atom is -0.391 e. The summed E-state index contributed by atoms with van der Waals surface area (Å²) in [6.07, 6.45) is -1.13. The number of hydrogen-bond acceptors (Lipinski definition) is 7. The summed E-state index contributed by atoms with van der Waals surface area (Å²) in [7, 11) is -3.39. The van der Waals surface area contributed by atoms with Crippen molar-refractivity contribution in [3.63, 3.8) is 0 Å². The highest BCUT2D eigenvalue weighted by Crippen LogP contribution is 2.21. The third-order valence-corrected chi connectivity index (χ3v) is 6.39. The number of carbonyl (C=O) groups excluding carboxylic acids is 2. The van der Waals surface area contributed by atoms with Gasteiger partial charge in [0, 0.05) is 11.3 Å². The molecule has 4 N–H and O–H groups in total. The van der Waals surface area contributed by atoms with Crippen LogP contribution >= 0.6 is 11.6 Å². The lowest BCUT2D eigenvalue weighted by Crippen LogP contribution is -2.52. The standard InChI is InChI=1S/C20H21ClN4O5S/c1-3-31(29,30)16-8-5-13(6-9-16)19(27)24-25-20(28)18(12(2)26)23-15-7-4-14(11-22)17(21)10-15/h4-10,12,18,23,26H,3H2,1-2H3,(H,24,27)(H,25,28)/t12-,18+/m0/s1. The number of nitrogens with one attached hydrogen (secondary N) is 3. The van der Waals surface area contributed by atoms with E-state index in [0.717, 1.165) is 0 Å². The van der Waals surface area contributed by atoms with E-state index in [9.17, 15) is 23.1 Å². The van der Waals surface area contributed by atoms with Crippen molar-refractivity contribution in [2.75, 3.05) is 11.1 Å². The van der Waals surface area contributed by atoms with Crippen molar-refractivity contribution >= 4 is 38.9 Å². The minimum absolute atomic E-state index is 0.0627. The molecule has 2 atom stereocenters. The molecule has 0 aliphatic rings. The van der Waals surface area contributed by atoms with Gasteiger partial charge < -0.3 is 10.4 Å². The van der Waals surface area contributed by atoms with Crippen molar-refractivity contribution in [3.8, 4) is 6.07 Å². The highest BCUT2D eigenvalue weighted by Gasteiger charge is 2.24. The summed E-state index contributed by atoms with van der Waals surface area (Å²) in [5.74, 6) is -1.46. The molecular weight excluding hydrogens is 444 g/mol. The van der Waals surface area contributed by atoms with Crippen molar-refractivity contribution in [2.45, 2.75) is 30.9 Å². The van der Waals surface area contributed by atoms with E-state index in [0.29, 0.717) is 5.69 Å². The first-order chi connectivity index (χ1) is 14.6. The Morgan fingerprint density at radius 1 is 1.16 bits per heavy atom. The number of anilines is 1. The van der Waals surface area contributed by atoms with Crippen LogP contribution in [0.15, 0.2) is 47.4 Å². The number of aliphatic hydroxyl groups is 1. The Morgan fingerprint density at radius 2 is 1.81 bits per heavy atom. The second kappa shape index (κ2) is 10.3. The van der Waals surface area contributed by atoms with E-state index in [1.807, 2.05) is 6.07 Å². The van der Waals surface area contributed by atoms with Crippen LogP contribution < -0.4 is 16.2 Å². The lowest BCUT2D eigenvalue weighted by atomic mass is 10.1. The lowest BCUT2D eigenvalue weighted by molar-refractivity contribution is -0.124. The van der Waals surface area contributed by atoms with Gasteiger partial charge in [-0.25, -0.2) is 8.42 Å². The van der Waals surface area contributed by atoms with Gasteiger partial charge in [0.25, 0.3) is 11.8 Å². The molecule has 0 spiro atoms. The Bertz CT molecular complexity index is 1110. The number of nitrogens with zero attached hydrogens (tertiary/aromatic N) is 1. The Hall–Kier alpha value is -3.13. The maximum absolute atomic E-state index is 12.4. The van der Waals surface area contributed by atoms with E-state index in [2.05, 4.69) is 16.2 Å². The number of halogens is 1. The molecular formula is C20H21ClN4O5S. The van der Waals surface area contributed by atoms with Gasteiger partial charge in [0.1, 0.15) is 12.1 Å². The van der Waals surface area contributed by atoms with Crippen molar-refractivity contribution in [2.24, 2.45) is 0 Å². The topological polar surface area (TPSA) is 148 Å². The van der Waals surface area contributed by atoms with Crippen molar-refractivity contribution in [3.05, 3.63) is 58.6 Å². The predicted octanol–water partition coefficient (Wildman–Crippen LogP) is 1.63. The van der Waals surface area contributed by atoms with Crippen LogP contribution in [-0.2, 0) is 14.6 Å². The molecule has 0 saturated carbocycles. The molecule has 31 heavy (non-hydrogen) atoms. The number of carbonyl (C=O) groups is 2. The number of aliphatic hydroxyl groups excluding tert-OH is 1. The van der Waals surface area contributed by atoms with Crippen LogP contribution in [0.3, 0.4) is 0 Å². The highest BCUT2D eigenvalue weighted by molar-refractivity contribution is 7.91. The monoisotopic (exact) mass is 464 g/mol. The van der Waals surface area contributed by atoms with Crippen LogP contribution in [0.25, 0.3) is 0 Å². The fraction of sp³-hybridized carbons (Fsp3) is 0.250. The summed E-state index contributed by atoms with van der Waals surface area (Å²) in [6, 6.07) is 10.5. The maximum atomic E-state index is 12.4. The van der Waals surface area contributed by atoms with Crippen LogP contribution in [0.1, 0.15) is 29.8 Å². The number of hydrazine groups is 1. The average molecular weight is 465 g/mol. The molecule has 164 valence electrons. The van der Waals surface area contributed by atoms with Crippen LogP contribution in [0.4, 0.5) is 5.69 Å². The largest absolute Gasteiger partial charge is 0.391 e. The van der Waals surface area contributed by atoms with E-state index in [4.69, 9.17) is 16.9 Å². The zero-order valence-electron chi connectivity index (χ0n) is 16.7. The van der Waals surface area contributed by atoms with Crippen molar-refractivity contribution < 1.29 is 23.1 Å². The van der Waals surface area contributed by atoms with Crippen molar-refractivity contribution in [1.82, 2.24) is 10.9 Å². The Balaban J connectivity index is 2.04. The zero-order chi connectivity index (χ0) is 23.2. The minimum atomic E-state index is -3.39. The van der Waals surface area contributed by atoms with E-state index >= 15 is 0 Å². The van der Waals surface area contributed by atoms with Gasteiger partial charge in [-0.15, -0.1) is 0 Å². The van der Waals surface area contributed by atoms with Gasteiger partial charge in [-0.1, -0.05) is 18.5 Å². The number of benzene rings is 2. The van der Waals surface area contributed by atoms with E-state index < -0.39 is 33.8 Å². The maximum Gasteiger partial charge on any atom is 0.269 e. The summed E-state index contributed by atoms with van der Waals surface area (Å²) in [5.41, 5.74) is 5.21. The third-order valence-electron chi connectivity index (χ3n) is 4.33. The number of sulfone groups is 1. The first kappa shape index (κ1) is 24.1. The molecule has 0 saturated heterocycles. The van der Waals surface area contributed by atoms with Gasteiger partial charge in [0.15, 0.2) is 9.84 Å². The molecule has 0 heterocycles.